The average Bonchev–Trinajstić information content (AvgIpc) is 2.77. The molecule has 1 heterocycles. The smallest absolute Gasteiger partial charge is 0.271 e. The van der Waals surface area contributed by atoms with Gasteiger partial charge in [-0.3, -0.25) is 10.1 Å². The number of nitrogen functional groups attached to an aromatic ring is 1. The Hall–Kier alpha value is -2.64. The van der Waals surface area contributed by atoms with E-state index in [2.05, 4.69) is 15.5 Å². The van der Waals surface area contributed by atoms with Crippen LogP contribution in [0.3, 0.4) is 0 Å². The molecule has 19 heavy (non-hydrogen) atoms. The van der Waals surface area contributed by atoms with Crippen LogP contribution in [-0.4, -0.2) is 21.6 Å². The topological polar surface area (TPSA) is 120 Å². The molecule has 0 atom stereocenters. The van der Waals surface area contributed by atoms with Crippen molar-refractivity contribution in [2.45, 2.75) is 13.3 Å². The highest BCUT2D eigenvalue weighted by atomic mass is 16.6. The van der Waals surface area contributed by atoms with Crippen molar-refractivity contribution in [1.82, 2.24) is 10.1 Å². The molecule has 0 aliphatic carbocycles. The van der Waals surface area contributed by atoms with E-state index in [0.717, 1.165) is 0 Å². The molecule has 0 unspecified atom stereocenters. The summed E-state index contributed by atoms with van der Waals surface area (Å²) >= 11 is 0. The van der Waals surface area contributed by atoms with Crippen LogP contribution in [0.2, 0.25) is 0 Å². The summed E-state index contributed by atoms with van der Waals surface area (Å²) in [6.45, 7) is 2.28. The van der Waals surface area contributed by atoms with Gasteiger partial charge in [0.15, 0.2) is 5.82 Å². The van der Waals surface area contributed by atoms with Gasteiger partial charge in [-0.2, -0.15) is 4.98 Å². The Morgan fingerprint density at radius 3 is 2.89 bits per heavy atom. The van der Waals surface area contributed by atoms with Crippen molar-refractivity contribution in [1.29, 1.82) is 0 Å². The van der Waals surface area contributed by atoms with E-state index in [0.29, 0.717) is 36.1 Å². The highest BCUT2D eigenvalue weighted by Gasteiger charge is 2.08. The van der Waals surface area contributed by atoms with Gasteiger partial charge in [0.2, 0.25) is 5.89 Å². The van der Waals surface area contributed by atoms with Crippen molar-refractivity contribution >= 4 is 17.1 Å². The summed E-state index contributed by atoms with van der Waals surface area (Å²) in [4.78, 5) is 14.1. The largest absolute Gasteiger partial charge is 0.397 e. The van der Waals surface area contributed by atoms with Gasteiger partial charge in [-0.1, -0.05) is 5.16 Å². The van der Waals surface area contributed by atoms with E-state index in [-0.39, 0.29) is 5.69 Å². The SMILES string of the molecule is Cc1nc(CCNc2ccc([N+](=O)[O-])cc2N)no1. The fourth-order valence-electron chi connectivity index (χ4n) is 1.58. The lowest BCUT2D eigenvalue weighted by Crippen LogP contribution is -2.08. The van der Waals surface area contributed by atoms with Gasteiger partial charge in [-0.05, 0) is 6.07 Å². The first-order chi connectivity index (χ1) is 9.06. The van der Waals surface area contributed by atoms with Crippen LogP contribution in [0.15, 0.2) is 22.7 Å². The fourth-order valence-corrected chi connectivity index (χ4v) is 1.58. The molecule has 0 radical (unpaired) electrons. The number of non-ortho nitro benzene ring substituents is 1. The van der Waals surface area contributed by atoms with E-state index in [1.165, 1.54) is 12.1 Å². The number of hydrogen-bond donors (Lipinski definition) is 2. The molecule has 1 aromatic heterocycles. The zero-order valence-corrected chi connectivity index (χ0v) is 10.3. The molecule has 100 valence electrons. The maximum atomic E-state index is 10.6. The number of benzene rings is 1. The molecule has 0 fully saturated rings. The Morgan fingerprint density at radius 2 is 2.32 bits per heavy atom. The molecule has 8 heteroatoms. The number of rotatable bonds is 5. The second kappa shape index (κ2) is 5.34. The lowest BCUT2D eigenvalue weighted by molar-refractivity contribution is -0.384. The molecular formula is C11H13N5O3. The van der Waals surface area contributed by atoms with Gasteiger partial charge >= 0.3 is 0 Å². The number of aromatic nitrogens is 2. The van der Waals surface area contributed by atoms with Gasteiger partial charge in [0.25, 0.3) is 5.69 Å². The molecule has 0 saturated heterocycles. The first kappa shape index (κ1) is 12.8. The van der Waals surface area contributed by atoms with Crippen LogP contribution < -0.4 is 11.1 Å². The first-order valence-electron chi connectivity index (χ1n) is 5.63. The number of hydrogen-bond acceptors (Lipinski definition) is 7. The van der Waals surface area contributed by atoms with Crippen molar-refractivity contribution in [3.8, 4) is 0 Å². The molecule has 8 nitrogen and oxygen atoms in total. The molecule has 2 aromatic rings. The van der Waals surface area contributed by atoms with E-state index in [1.54, 1.807) is 13.0 Å². The van der Waals surface area contributed by atoms with Gasteiger partial charge in [0.1, 0.15) is 0 Å². The third-order valence-electron chi connectivity index (χ3n) is 2.48. The summed E-state index contributed by atoms with van der Waals surface area (Å²) in [5.74, 6) is 1.12. The Morgan fingerprint density at radius 1 is 1.53 bits per heavy atom. The second-order valence-corrected chi connectivity index (χ2v) is 3.94. The first-order valence-corrected chi connectivity index (χ1v) is 5.63. The van der Waals surface area contributed by atoms with Crippen LogP contribution in [0.4, 0.5) is 17.1 Å². The van der Waals surface area contributed by atoms with Crippen LogP contribution in [0.25, 0.3) is 0 Å². The van der Waals surface area contributed by atoms with E-state index < -0.39 is 4.92 Å². The molecule has 0 aliphatic heterocycles. The molecule has 0 amide bonds. The minimum absolute atomic E-state index is 0.0307. The number of nitrogens with two attached hydrogens (primary N) is 1. The van der Waals surface area contributed by atoms with Gasteiger partial charge in [0, 0.05) is 32.0 Å². The molecule has 2 rings (SSSR count). The van der Waals surface area contributed by atoms with Crippen LogP contribution in [0.1, 0.15) is 11.7 Å². The van der Waals surface area contributed by atoms with Crippen molar-refractivity contribution in [3.05, 3.63) is 40.0 Å². The zero-order chi connectivity index (χ0) is 13.8. The average molecular weight is 263 g/mol. The predicted molar refractivity (Wildman–Crippen MR) is 68.7 cm³/mol. The number of nitrogens with one attached hydrogen (secondary N) is 1. The third kappa shape index (κ3) is 3.18. The zero-order valence-electron chi connectivity index (χ0n) is 10.3. The normalized spacial score (nSPS) is 10.4. The van der Waals surface area contributed by atoms with Gasteiger partial charge in [-0.25, -0.2) is 0 Å². The summed E-state index contributed by atoms with van der Waals surface area (Å²) in [5, 5.41) is 17.4. The quantitative estimate of drug-likeness (QED) is 0.476. The molecule has 0 saturated carbocycles. The number of nitro benzene ring substituents is 1. The maximum Gasteiger partial charge on any atom is 0.271 e. The monoisotopic (exact) mass is 263 g/mol. The van der Waals surface area contributed by atoms with Crippen molar-refractivity contribution in [2.24, 2.45) is 0 Å². The predicted octanol–water partition coefficient (Wildman–Crippen LogP) is 1.52. The number of aryl methyl sites for hydroxylation is 1. The van der Waals surface area contributed by atoms with Gasteiger partial charge in [0.05, 0.1) is 16.3 Å². The summed E-state index contributed by atoms with van der Waals surface area (Å²) in [7, 11) is 0. The van der Waals surface area contributed by atoms with Crippen LogP contribution in [-0.2, 0) is 6.42 Å². The lowest BCUT2D eigenvalue weighted by atomic mass is 10.2. The molecule has 0 aliphatic rings. The van der Waals surface area contributed by atoms with E-state index in [1.807, 2.05) is 0 Å². The minimum Gasteiger partial charge on any atom is -0.397 e. The Kier molecular flexibility index (Phi) is 3.60. The van der Waals surface area contributed by atoms with E-state index >= 15 is 0 Å². The summed E-state index contributed by atoms with van der Waals surface area (Å²) in [6, 6.07) is 4.30. The minimum atomic E-state index is -0.484. The van der Waals surface area contributed by atoms with Gasteiger partial charge in [-0.15, -0.1) is 0 Å². The van der Waals surface area contributed by atoms with Crippen LogP contribution in [0, 0.1) is 17.0 Å². The molecule has 0 spiro atoms. The fraction of sp³-hybridized carbons (Fsp3) is 0.273. The number of nitrogens with zero attached hydrogens (tertiary/aromatic N) is 3. The van der Waals surface area contributed by atoms with E-state index in [4.69, 9.17) is 10.3 Å². The van der Waals surface area contributed by atoms with E-state index in [9.17, 15) is 10.1 Å². The summed E-state index contributed by atoms with van der Waals surface area (Å²) in [5.41, 5.74) is 6.67. The summed E-state index contributed by atoms with van der Waals surface area (Å²) < 4.78 is 4.84. The van der Waals surface area contributed by atoms with Crippen molar-refractivity contribution in [3.63, 3.8) is 0 Å². The molecule has 3 N–H and O–H groups in total. The maximum absolute atomic E-state index is 10.6. The number of nitro groups is 1. The second-order valence-electron chi connectivity index (χ2n) is 3.94. The van der Waals surface area contributed by atoms with Gasteiger partial charge < -0.3 is 15.6 Å². The Balaban J connectivity index is 1.94. The third-order valence-corrected chi connectivity index (χ3v) is 2.48. The number of anilines is 2. The molecule has 1 aromatic carbocycles. The Bertz CT molecular complexity index is 596. The van der Waals surface area contributed by atoms with Crippen molar-refractivity contribution < 1.29 is 9.45 Å². The van der Waals surface area contributed by atoms with Crippen LogP contribution in [0.5, 0.6) is 0 Å². The molecular weight excluding hydrogens is 250 g/mol. The lowest BCUT2D eigenvalue weighted by Gasteiger charge is -2.07. The van der Waals surface area contributed by atoms with Crippen molar-refractivity contribution in [2.75, 3.05) is 17.6 Å². The molecule has 0 bridgehead atoms. The Labute approximate surface area is 108 Å². The standard InChI is InChI=1S/C11H13N5O3/c1-7-14-11(15-19-7)4-5-13-10-3-2-8(16(17)18)6-9(10)12/h2-3,6,13H,4-5,12H2,1H3. The summed E-state index contributed by atoms with van der Waals surface area (Å²) in [6.07, 6.45) is 0.577. The highest BCUT2D eigenvalue weighted by molar-refractivity contribution is 5.69. The highest BCUT2D eigenvalue weighted by Crippen LogP contribution is 2.23. The van der Waals surface area contributed by atoms with Crippen LogP contribution >= 0.6 is 0 Å².